The summed E-state index contributed by atoms with van der Waals surface area (Å²) in [5, 5.41) is 0. The molecule has 20 heavy (non-hydrogen) atoms. The van der Waals surface area contributed by atoms with Crippen LogP contribution in [0.25, 0.3) is 11.4 Å². The van der Waals surface area contributed by atoms with Gasteiger partial charge in [0, 0.05) is 23.7 Å². The Hall–Kier alpha value is -2.15. The fraction of sp³-hybridized carbons (Fsp3) is 0.231. The van der Waals surface area contributed by atoms with E-state index < -0.39 is 17.3 Å². The van der Waals surface area contributed by atoms with Gasteiger partial charge in [0.25, 0.3) is 5.56 Å². The lowest BCUT2D eigenvalue weighted by Crippen LogP contribution is -2.15. The molecule has 0 saturated carbocycles. The summed E-state index contributed by atoms with van der Waals surface area (Å²) in [7, 11) is 0. The van der Waals surface area contributed by atoms with Crippen molar-refractivity contribution in [3.8, 4) is 11.4 Å². The molecule has 0 aliphatic carbocycles. The van der Waals surface area contributed by atoms with E-state index in [1.165, 1.54) is 24.3 Å². The summed E-state index contributed by atoms with van der Waals surface area (Å²) < 4.78 is 38.8. The van der Waals surface area contributed by atoms with Crippen LogP contribution in [0.1, 0.15) is 11.3 Å². The van der Waals surface area contributed by atoms with Crippen molar-refractivity contribution in [2.75, 3.05) is 6.54 Å². The van der Waals surface area contributed by atoms with E-state index in [1.807, 2.05) is 0 Å². The smallest absolute Gasteiger partial charge is 0.330 e. The van der Waals surface area contributed by atoms with E-state index in [0.29, 0.717) is 12.1 Å². The highest BCUT2D eigenvalue weighted by molar-refractivity contribution is 5.61. The third-order valence-corrected chi connectivity index (χ3v) is 2.68. The van der Waals surface area contributed by atoms with Gasteiger partial charge in [-0.3, -0.25) is 4.79 Å². The first kappa shape index (κ1) is 14.3. The van der Waals surface area contributed by atoms with Crippen molar-refractivity contribution < 1.29 is 13.2 Å². The number of halogens is 3. The van der Waals surface area contributed by atoms with Crippen LogP contribution < -0.4 is 11.3 Å². The lowest BCUT2D eigenvalue weighted by Gasteiger charge is -2.12. The molecule has 2 rings (SSSR count). The maximum absolute atomic E-state index is 12.9. The zero-order valence-corrected chi connectivity index (χ0v) is 10.4. The number of hydrogen-bond donors (Lipinski definition) is 2. The summed E-state index contributed by atoms with van der Waals surface area (Å²) in [5.41, 5.74) is 4.23. The molecule has 0 atom stereocenters. The highest BCUT2D eigenvalue weighted by Crippen LogP contribution is 2.35. The second-order valence-corrected chi connectivity index (χ2v) is 4.17. The average molecular weight is 283 g/mol. The highest BCUT2D eigenvalue weighted by atomic mass is 19.4. The Morgan fingerprint density at radius 2 is 1.95 bits per heavy atom. The third-order valence-electron chi connectivity index (χ3n) is 2.68. The van der Waals surface area contributed by atoms with Crippen LogP contribution in [0.4, 0.5) is 13.2 Å². The van der Waals surface area contributed by atoms with Crippen LogP contribution in [0.15, 0.2) is 35.1 Å². The first-order chi connectivity index (χ1) is 9.41. The molecular weight excluding hydrogens is 271 g/mol. The second kappa shape index (κ2) is 5.46. The second-order valence-electron chi connectivity index (χ2n) is 4.17. The average Bonchev–Trinajstić information content (AvgIpc) is 2.37. The molecule has 0 amide bonds. The summed E-state index contributed by atoms with van der Waals surface area (Å²) in [6.45, 7) is 0.261. The molecule has 7 heteroatoms. The number of alkyl halides is 3. The zero-order chi connectivity index (χ0) is 14.8. The monoisotopic (exact) mass is 283 g/mol. The fourth-order valence-electron chi connectivity index (χ4n) is 1.85. The van der Waals surface area contributed by atoms with Crippen molar-refractivity contribution in [2.24, 2.45) is 5.73 Å². The standard InChI is InChI=1S/C13H12F3N3O/c14-13(15,16)10-4-2-1-3-9(10)12-18-8(5-6-17)7-11(20)19-12/h1-4,7H,5-6,17H2,(H,18,19,20). The van der Waals surface area contributed by atoms with Crippen molar-refractivity contribution in [1.29, 1.82) is 0 Å². The van der Waals surface area contributed by atoms with Crippen molar-refractivity contribution in [3.63, 3.8) is 0 Å². The molecule has 2 aromatic rings. The largest absolute Gasteiger partial charge is 0.417 e. The molecule has 3 N–H and O–H groups in total. The summed E-state index contributed by atoms with van der Waals surface area (Å²) in [6.07, 6.45) is -4.19. The summed E-state index contributed by atoms with van der Waals surface area (Å²) in [5.74, 6) is -0.103. The molecule has 106 valence electrons. The molecule has 1 heterocycles. The van der Waals surface area contributed by atoms with Crippen LogP contribution >= 0.6 is 0 Å². The van der Waals surface area contributed by atoms with Gasteiger partial charge < -0.3 is 10.7 Å². The number of nitrogens with one attached hydrogen (secondary N) is 1. The van der Waals surface area contributed by atoms with E-state index in [2.05, 4.69) is 9.97 Å². The number of benzene rings is 1. The maximum atomic E-state index is 12.9. The Morgan fingerprint density at radius 3 is 2.60 bits per heavy atom. The summed E-state index contributed by atoms with van der Waals surface area (Å²) in [4.78, 5) is 17.9. The number of nitrogens with two attached hydrogens (primary N) is 1. The van der Waals surface area contributed by atoms with Gasteiger partial charge in [-0.2, -0.15) is 13.2 Å². The molecule has 0 aliphatic heterocycles. The fourth-order valence-corrected chi connectivity index (χ4v) is 1.85. The molecule has 0 radical (unpaired) electrons. The Bertz CT molecular complexity index is 664. The number of nitrogens with zero attached hydrogens (tertiary/aromatic N) is 1. The van der Waals surface area contributed by atoms with Gasteiger partial charge in [-0.25, -0.2) is 4.98 Å². The molecule has 0 saturated heterocycles. The van der Waals surface area contributed by atoms with E-state index in [0.717, 1.165) is 6.07 Å². The zero-order valence-electron chi connectivity index (χ0n) is 10.4. The van der Waals surface area contributed by atoms with Crippen LogP contribution in [-0.4, -0.2) is 16.5 Å². The van der Waals surface area contributed by atoms with Gasteiger partial charge >= 0.3 is 6.18 Å². The first-order valence-corrected chi connectivity index (χ1v) is 5.88. The van der Waals surface area contributed by atoms with Gasteiger partial charge in [0.1, 0.15) is 5.82 Å². The molecule has 0 unspecified atom stereocenters. The molecular formula is C13H12F3N3O. The SMILES string of the molecule is NCCc1cc(=O)[nH]c(-c2ccccc2C(F)(F)F)n1. The van der Waals surface area contributed by atoms with Crippen LogP contribution in [0, 0.1) is 0 Å². The molecule has 0 fully saturated rings. The minimum Gasteiger partial charge on any atom is -0.330 e. The summed E-state index contributed by atoms with van der Waals surface area (Å²) >= 11 is 0. The number of hydrogen-bond acceptors (Lipinski definition) is 3. The number of rotatable bonds is 3. The Labute approximate surface area is 112 Å². The van der Waals surface area contributed by atoms with Crippen molar-refractivity contribution in [1.82, 2.24) is 9.97 Å². The van der Waals surface area contributed by atoms with Crippen LogP contribution in [0.3, 0.4) is 0 Å². The quantitative estimate of drug-likeness (QED) is 0.904. The minimum atomic E-state index is -4.51. The Kier molecular flexibility index (Phi) is 3.89. The number of aromatic amines is 1. The van der Waals surface area contributed by atoms with Crippen LogP contribution in [-0.2, 0) is 12.6 Å². The van der Waals surface area contributed by atoms with E-state index in [4.69, 9.17) is 5.73 Å². The predicted molar refractivity (Wildman–Crippen MR) is 68.1 cm³/mol. The predicted octanol–water partition coefficient (Wildman–Crippen LogP) is 1.96. The normalized spacial score (nSPS) is 11.6. The molecule has 4 nitrogen and oxygen atoms in total. The number of aromatic nitrogens is 2. The Balaban J connectivity index is 2.60. The van der Waals surface area contributed by atoms with E-state index >= 15 is 0 Å². The molecule has 0 bridgehead atoms. The summed E-state index contributed by atoms with van der Waals surface area (Å²) in [6, 6.07) is 6.19. The van der Waals surface area contributed by atoms with Crippen molar-refractivity contribution in [3.05, 3.63) is 51.9 Å². The highest BCUT2D eigenvalue weighted by Gasteiger charge is 2.33. The molecule has 0 aliphatic rings. The van der Waals surface area contributed by atoms with Crippen LogP contribution in [0.2, 0.25) is 0 Å². The van der Waals surface area contributed by atoms with Crippen molar-refractivity contribution >= 4 is 0 Å². The lowest BCUT2D eigenvalue weighted by atomic mass is 10.1. The lowest BCUT2D eigenvalue weighted by molar-refractivity contribution is -0.137. The van der Waals surface area contributed by atoms with Gasteiger partial charge in [0.15, 0.2) is 0 Å². The van der Waals surface area contributed by atoms with E-state index in [-0.39, 0.29) is 17.9 Å². The van der Waals surface area contributed by atoms with E-state index in [9.17, 15) is 18.0 Å². The van der Waals surface area contributed by atoms with Gasteiger partial charge in [0.2, 0.25) is 0 Å². The maximum Gasteiger partial charge on any atom is 0.417 e. The van der Waals surface area contributed by atoms with Gasteiger partial charge in [-0.15, -0.1) is 0 Å². The Morgan fingerprint density at radius 1 is 1.25 bits per heavy atom. The van der Waals surface area contributed by atoms with Gasteiger partial charge in [0.05, 0.1) is 5.56 Å². The van der Waals surface area contributed by atoms with Crippen molar-refractivity contribution in [2.45, 2.75) is 12.6 Å². The third kappa shape index (κ3) is 3.05. The molecule has 1 aromatic carbocycles. The topological polar surface area (TPSA) is 71.8 Å². The molecule has 0 spiro atoms. The van der Waals surface area contributed by atoms with Gasteiger partial charge in [-0.05, 0) is 12.6 Å². The van der Waals surface area contributed by atoms with Gasteiger partial charge in [-0.1, -0.05) is 18.2 Å². The van der Waals surface area contributed by atoms with Crippen LogP contribution in [0.5, 0.6) is 0 Å². The first-order valence-electron chi connectivity index (χ1n) is 5.88. The molecule has 1 aromatic heterocycles. The van der Waals surface area contributed by atoms with E-state index in [1.54, 1.807) is 0 Å². The minimum absolute atomic E-state index is 0.103. The number of H-pyrrole nitrogens is 1.